The number of thiophene rings is 1. The van der Waals surface area contributed by atoms with Gasteiger partial charge in [0.15, 0.2) is 0 Å². The van der Waals surface area contributed by atoms with Gasteiger partial charge in [-0.1, -0.05) is 24.3 Å². The van der Waals surface area contributed by atoms with Crippen LogP contribution in [0.3, 0.4) is 0 Å². The van der Waals surface area contributed by atoms with Crippen molar-refractivity contribution >= 4 is 23.2 Å². The fourth-order valence-corrected chi connectivity index (χ4v) is 3.41. The van der Waals surface area contributed by atoms with Crippen LogP contribution in [0.25, 0.3) is 11.1 Å². The fraction of sp³-hybridized carbons (Fsp3) is 0.182. The molecule has 144 valence electrons. The molecule has 0 fully saturated rings. The predicted octanol–water partition coefficient (Wildman–Crippen LogP) is 3.51. The summed E-state index contributed by atoms with van der Waals surface area (Å²) in [5.41, 5.74) is 3.63. The van der Waals surface area contributed by atoms with Crippen molar-refractivity contribution in [1.29, 1.82) is 0 Å². The molecule has 0 bridgehead atoms. The van der Waals surface area contributed by atoms with E-state index in [1.165, 1.54) is 0 Å². The molecule has 0 unspecified atom stereocenters. The van der Waals surface area contributed by atoms with E-state index < -0.39 is 0 Å². The molecular formula is C22H22N2O3S. The van der Waals surface area contributed by atoms with Crippen LogP contribution in [0.1, 0.15) is 15.9 Å². The summed E-state index contributed by atoms with van der Waals surface area (Å²) < 4.78 is 5.10. The first-order chi connectivity index (χ1) is 13.7. The second-order valence-corrected chi connectivity index (χ2v) is 7.00. The topological polar surface area (TPSA) is 67.4 Å². The number of hydrogen-bond donors (Lipinski definition) is 2. The molecule has 0 spiro atoms. The Morgan fingerprint density at radius 1 is 0.964 bits per heavy atom. The highest BCUT2D eigenvalue weighted by molar-refractivity contribution is 7.08. The van der Waals surface area contributed by atoms with Gasteiger partial charge in [-0.3, -0.25) is 9.59 Å². The van der Waals surface area contributed by atoms with Crippen LogP contribution in [0.15, 0.2) is 65.4 Å². The Labute approximate surface area is 168 Å². The number of methoxy groups -OCH3 is 1. The highest BCUT2D eigenvalue weighted by atomic mass is 32.1. The number of ether oxygens (including phenoxy) is 1. The minimum atomic E-state index is -0.151. The van der Waals surface area contributed by atoms with Gasteiger partial charge in [-0.25, -0.2) is 0 Å². The average Bonchev–Trinajstić information content (AvgIpc) is 3.27. The Morgan fingerprint density at radius 2 is 1.75 bits per heavy atom. The molecule has 0 saturated heterocycles. The van der Waals surface area contributed by atoms with E-state index >= 15 is 0 Å². The average molecular weight is 394 g/mol. The van der Waals surface area contributed by atoms with Gasteiger partial charge >= 0.3 is 0 Å². The monoisotopic (exact) mass is 394 g/mol. The third kappa shape index (κ3) is 5.44. The molecule has 0 aliphatic rings. The zero-order valence-electron chi connectivity index (χ0n) is 15.6. The minimum absolute atomic E-state index is 0.0844. The number of nitrogens with one attached hydrogen (secondary N) is 2. The highest BCUT2D eigenvalue weighted by Gasteiger charge is 2.08. The summed E-state index contributed by atoms with van der Waals surface area (Å²) in [4.78, 5) is 24.3. The van der Waals surface area contributed by atoms with E-state index in [1.54, 1.807) is 24.5 Å². The standard InChI is InChI=1S/C22H22N2O3S/c1-27-20-7-5-16(6-8-20)13-21(25)23-10-11-24-22(26)18-4-2-3-17(14-18)19-9-12-28-15-19/h2-9,12,14-15H,10-11,13H2,1H3,(H,23,25)(H,24,26). The maximum Gasteiger partial charge on any atom is 0.251 e. The first-order valence-electron chi connectivity index (χ1n) is 8.96. The molecule has 1 aromatic heterocycles. The van der Waals surface area contributed by atoms with Gasteiger partial charge in [-0.05, 0) is 57.8 Å². The zero-order chi connectivity index (χ0) is 19.8. The first kappa shape index (κ1) is 19.6. The summed E-state index contributed by atoms with van der Waals surface area (Å²) >= 11 is 1.62. The van der Waals surface area contributed by atoms with E-state index in [1.807, 2.05) is 53.9 Å². The van der Waals surface area contributed by atoms with Crippen LogP contribution < -0.4 is 15.4 Å². The largest absolute Gasteiger partial charge is 0.497 e. The predicted molar refractivity (Wildman–Crippen MR) is 112 cm³/mol. The number of carbonyl (C=O) groups excluding carboxylic acids is 2. The summed E-state index contributed by atoms with van der Waals surface area (Å²) in [5, 5.41) is 9.72. The third-order valence-corrected chi connectivity index (χ3v) is 4.92. The molecule has 2 N–H and O–H groups in total. The lowest BCUT2D eigenvalue weighted by Gasteiger charge is -2.08. The van der Waals surface area contributed by atoms with Crippen LogP contribution in [-0.4, -0.2) is 32.0 Å². The lowest BCUT2D eigenvalue weighted by Crippen LogP contribution is -2.35. The van der Waals surface area contributed by atoms with Gasteiger partial charge in [0.25, 0.3) is 5.91 Å². The molecular weight excluding hydrogens is 372 g/mol. The maximum absolute atomic E-state index is 12.3. The Hall–Kier alpha value is -3.12. The SMILES string of the molecule is COc1ccc(CC(=O)NCCNC(=O)c2cccc(-c3ccsc3)c2)cc1. The summed E-state index contributed by atoms with van der Waals surface area (Å²) in [6.45, 7) is 0.751. The maximum atomic E-state index is 12.3. The first-order valence-corrected chi connectivity index (χ1v) is 9.90. The Kier molecular flexibility index (Phi) is 6.81. The molecule has 0 aliphatic carbocycles. The Bertz CT molecular complexity index is 921. The van der Waals surface area contributed by atoms with Crippen molar-refractivity contribution in [1.82, 2.24) is 10.6 Å². The van der Waals surface area contributed by atoms with E-state index in [0.717, 1.165) is 22.4 Å². The molecule has 28 heavy (non-hydrogen) atoms. The van der Waals surface area contributed by atoms with E-state index in [-0.39, 0.29) is 11.8 Å². The lowest BCUT2D eigenvalue weighted by atomic mass is 10.1. The van der Waals surface area contributed by atoms with Crippen molar-refractivity contribution in [2.45, 2.75) is 6.42 Å². The lowest BCUT2D eigenvalue weighted by molar-refractivity contribution is -0.120. The fourth-order valence-electron chi connectivity index (χ4n) is 2.74. The van der Waals surface area contributed by atoms with Gasteiger partial charge in [-0.15, -0.1) is 0 Å². The van der Waals surface area contributed by atoms with Gasteiger partial charge in [0, 0.05) is 18.7 Å². The molecule has 3 aromatic rings. The van der Waals surface area contributed by atoms with Gasteiger partial charge in [-0.2, -0.15) is 11.3 Å². The van der Waals surface area contributed by atoms with Crippen molar-refractivity contribution in [3.63, 3.8) is 0 Å². The van der Waals surface area contributed by atoms with Gasteiger partial charge in [0.05, 0.1) is 13.5 Å². The third-order valence-electron chi connectivity index (χ3n) is 4.24. The van der Waals surface area contributed by atoms with Crippen LogP contribution in [0.4, 0.5) is 0 Å². The molecule has 2 amide bonds. The molecule has 2 aromatic carbocycles. The second kappa shape index (κ2) is 9.71. The van der Waals surface area contributed by atoms with E-state index in [2.05, 4.69) is 16.0 Å². The summed E-state index contributed by atoms with van der Waals surface area (Å²) in [6, 6.07) is 16.9. The van der Waals surface area contributed by atoms with Crippen LogP contribution in [0, 0.1) is 0 Å². The van der Waals surface area contributed by atoms with Crippen molar-refractivity contribution in [2.24, 2.45) is 0 Å². The van der Waals surface area contributed by atoms with Crippen molar-refractivity contribution in [2.75, 3.05) is 20.2 Å². The quantitative estimate of drug-likeness (QED) is 0.575. The molecule has 0 atom stereocenters. The molecule has 0 radical (unpaired) electrons. The van der Waals surface area contributed by atoms with Gasteiger partial charge in [0.1, 0.15) is 5.75 Å². The molecule has 0 aliphatic heterocycles. The number of carbonyl (C=O) groups is 2. The summed E-state index contributed by atoms with van der Waals surface area (Å²) in [5.74, 6) is 0.523. The van der Waals surface area contributed by atoms with Crippen molar-refractivity contribution < 1.29 is 14.3 Å². The second-order valence-electron chi connectivity index (χ2n) is 6.22. The highest BCUT2D eigenvalue weighted by Crippen LogP contribution is 2.22. The van der Waals surface area contributed by atoms with Crippen LogP contribution in [-0.2, 0) is 11.2 Å². The van der Waals surface area contributed by atoms with Crippen LogP contribution in [0.5, 0.6) is 5.75 Å². The molecule has 3 rings (SSSR count). The van der Waals surface area contributed by atoms with E-state index in [4.69, 9.17) is 4.74 Å². The van der Waals surface area contributed by atoms with Crippen molar-refractivity contribution in [3.05, 3.63) is 76.5 Å². The molecule has 5 nitrogen and oxygen atoms in total. The zero-order valence-corrected chi connectivity index (χ0v) is 16.4. The van der Waals surface area contributed by atoms with Crippen LogP contribution in [0.2, 0.25) is 0 Å². The van der Waals surface area contributed by atoms with Crippen LogP contribution >= 0.6 is 11.3 Å². The Morgan fingerprint density at radius 3 is 2.46 bits per heavy atom. The van der Waals surface area contributed by atoms with Gasteiger partial charge in [0.2, 0.25) is 5.91 Å². The number of amides is 2. The number of hydrogen-bond acceptors (Lipinski definition) is 4. The summed E-state index contributed by atoms with van der Waals surface area (Å²) in [7, 11) is 1.61. The summed E-state index contributed by atoms with van der Waals surface area (Å²) in [6.07, 6.45) is 0.292. The normalized spacial score (nSPS) is 10.3. The van der Waals surface area contributed by atoms with E-state index in [9.17, 15) is 9.59 Å². The Balaban J connectivity index is 1.42. The number of benzene rings is 2. The van der Waals surface area contributed by atoms with Crippen molar-refractivity contribution in [3.8, 4) is 16.9 Å². The smallest absolute Gasteiger partial charge is 0.251 e. The van der Waals surface area contributed by atoms with E-state index in [0.29, 0.717) is 25.1 Å². The molecule has 0 saturated carbocycles. The minimum Gasteiger partial charge on any atom is -0.497 e. The molecule has 1 heterocycles. The van der Waals surface area contributed by atoms with Gasteiger partial charge < -0.3 is 15.4 Å². The molecule has 6 heteroatoms. The number of rotatable bonds is 8.